The first-order valence-electron chi connectivity index (χ1n) is 21.8. The molecule has 0 amide bonds. The van der Waals surface area contributed by atoms with E-state index in [1.165, 1.54) is 22.7 Å². The van der Waals surface area contributed by atoms with E-state index in [9.17, 15) is 9.59 Å². The number of aromatic nitrogens is 6. The molecule has 0 unspecified atom stereocenters. The third-order valence-electron chi connectivity index (χ3n) is 10.8. The molecule has 2 fully saturated rings. The third kappa shape index (κ3) is 16.2. The zero-order valence-electron chi connectivity index (χ0n) is 37.9. The number of aliphatic hydroxyl groups is 2. The number of aliphatic hydroxyl groups excluding tert-OH is 2. The second kappa shape index (κ2) is 26.9. The highest BCUT2D eigenvalue weighted by atomic mass is 35.5. The van der Waals surface area contributed by atoms with E-state index >= 15 is 0 Å². The van der Waals surface area contributed by atoms with Crippen molar-refractivity contribution in [3.05, 3.63) is 120 Å². The molecule has 0 radical (unpaired) electrons. The predicted molar refractivity (Wildman–Crippen MR) is 277 cm³/mol. The molecule has 6 heterocycles. The molecule has 0 atom stereocenters. The second-order valence-electron chi connectivity index (χ2n) is 15.7. The Kier molecular flexibility index (Phi) is 21.4. The summed E-state index contributed by atoms with van der Waals surface area (Å²) in [6.45, 7) is 17.3. The number of β-amino-alcohol motifs (C(OH)–C–C–N with tert-alkyl or cyclic N) is 2. The Balaban J connectivity index is 0.000000217. The summed E-state index contributed by atoms with van der Waals surface area (Å²) < 4.78 is 0. The summed E-state index contributed by atoms with van der Waals surface area (Å²) >= 11 is 21.0. The lowest BCUT2D eigenvalue weighted by atomic mass is 10.0. The fourth-order valence-electron chi connectivity index (χ4n) is 7.21. The van der Waals surface area contributed by atoms with Crippen LogP contribution in [0, 0.1) is 27.7 Å². The molecule has 6 aromatic rings. The molecule has 2 aromatic carbocycles. The van der Waals surface area contributed by atoms with Crippen molar-refractivity contribution in [3.63, 3.8) is 0 Å². The van der Waals surface area contributed by atoms with Crippen LogP contribution in [0.25, 0.3) is 0 Å². The fraction of sp³-hybridized carbons (Fsp3) is 0.404. The number of Topliss-reactive ketones (excluding diaryl/α,β-unsaturated/α-hetero) is 2. The molecule has 2 aliphatic rings. The van der Waals surface area contributed by atoms with Crippen LogP contribution >= 0.6 is 57.5 Å². The number of ketones is 2. The van der Waals surface area contributed by atoms with E-state index in [4.69, 9.17) is 45.0 Å². The zero-order valence-corrected chi connectivity index (χ0v) is 41.8. The van der Waals surface area contributed by atoms with Gasteiger partial charge in [-0.05, 0) is 62.1 Å². The van der Waals surface area contributed by atoms with Gasteiger partial charge in [-0.25, -0.2) is 29.9 Å². The third-order valence-corrected chi connectivity index (χ3v) is 13.6. The van der Waals surface area contributed by atoms with Crippen LogP contribution in [0.5, 0.6) is 0 Å². The van der Waals surface area contributed by atoms with E-state index in [1.807, 2.05) is 51.1 Å². The van der Waals surface area contributed by atoms with Gasteiger partial charge in [0.2, 0.25) is 0 Å². The van der Waals surface area contributed by atoms with Gasteiger partial charge in [-0.1, -0.05) is 89.2 Å². The molecule has 21 heteroatoms. The van der Waals surface area contributed by atoms with Crippen LogP contribution in [0.4, 0.5) is 27.7 Å². The van der Waals surface area contributed by atoms with Gasteiger partial charge < -0.3 is 31.1 Å². The SMILES string of the molecule is C.Cc1nc(Cl)cc(Nc2ncc(C(=O)Cc3c(C)cccc3Cl)s2)n1.Cc1nc(Nc2ncc(C(=O)Cc3c(C)cccc3Cl)s2)cc(N2CCN(CCO)CC2)n1.OCCN1CCNCC1. The molecule has 2 aliphatic heterocycles. The van der Waals surface area contributed by atoms with E-state index in [1.54, 1.807) is 37.5 Å². The molecule has 0 spiro atoms. The Bertz CT molecular complexity index is 2520. The molecule has 0 bridgehead atoms. The van der Waals surface area contributed by atoms with Crippen LogP contribution in [0.15, 0.2) is 60.9 Å². The second-order valence-corrected chi connectivity index (χ2v) is 19.0. The summed E-state index contributed by atoms with van der Waals surface area (Å²) in [5.74, 6) is 3.21. The van der Waals surface area contributed by atoms with Crippen molar-refractivity contribution in [3.8, 4) is 0 Å². The van der Waals surface area contributed by atoms with Gasteiger partial charge in [-0.3, -0.25) is 19.4 Å². The number of anilines is 5. The maximum Gasteiger partial charge on any atom is 0.188 e. The van der Waals surface area contributed by atoms with Crippen LogP contribution in [-0.2, 0) is 12.8 Å². The molecule has 0 saturated carbocycles. The van der Waals surface area contributed by atoms with E-state index in [0.717, 1.165) is 87.0 Å². The van der Waals surface area contributed by atoms with E-state index in [2.05, 4.69) is 60.6 Å². The predicted octanol–water partition coefficient (Wildman–Crippen LogP) is 8.03. The van der Waals surface area contributed by atoms with Crippen LogP contribution in [0.1, 0.15) is 60.7 Å². The van der Waals surface area contributed by atoms with Crippen LogP contribution < -0.4 is 20.9 Å². The molecule has 0 aliphatic carbocycles. The Morgan fingerprint density at radius 3 is 1.60 bits per heavy atom. The maximum absolute atomic E-state index is 12.8. The maximum atomic E-state index is 12.8. The van der Waals surface area contributed by atoms with Gasteiger partial charge >= 0.3 is 0 Å². The average molecular weight is 1030 g/mol. The van der Waals surface area contributed by atoms with Crippen LogP contribution in [-0.4, -0.2) is 140 Å². The monoisotopic (exact) mass is 1020 g/mol. The van der Waals surface area contributed by atoms with Gasteiger partial charge in [0.1, 0.15) is 34.3 Å². The van der Waals surface area contributed by atoms with Gasteiger partial charge in [-0.15, -0.1) is 0 Å². The van der Waals surface area contributed by atoms with Crippen molar-refractivity contribution < 1.29 is 19.8 Å². The Morgan fingerprint density at radius 1 is 0.662 bits per heavy atom. The highest BCUT2D eigenvalue weighted by Gasteiger charge is 2.20. The number of thiazole rings is 2. The Hall–Kier alpha value is -4.73. The van der Waals surface area contributed by atoms with Gasteiger partial charge in [0.15, 0.2) is 21.8 Å². The molecule has 16 nitrogen and oxygen atoms in total. The van der Waals surface area contributed by atoms with Crippen molar-refractivity contribution in [2.45, 2.75) is 48.0 Å². The average Bonchev–Trinajstić information content (AvgIpc) is 3.97. The van der Waals surface area contributed by atoms with Crippen molar-refractivity contribution in [2.75, 3.05) is 94.2 Å². The topological polar surface area (TPSA) is 198 Å². The molecular weight excluding hydrogens is 967 g/mol. The smallest absolute Gasteiger partial charge is 0.188 e. The quantitative estimate of drug-likeness (QED) is 0.0489. The number of hydrogen-bond acceptors (Lipinski definition) is 18. The molecule has 68 heavy (non-hydrogen) atoms. The Labute approximate surface area is 421 Å². The summed E-state index contributed by atoms with van der Waals surface area (Å²) in [4.78, 5) is 59.1. The highest BCUT2D eigenvalue weighted by molar-refractivity contribution is 7.17. The van der Waals surface area contributed by atoms with Gasteiger partial charge in [-0.2, -0.15) is 0 Å². The number of aryl methyl sites for hydroxylation is 4. The highest BCUT2D eigenvalue weighted by Crippen LogP contribution is 2.29. The van der Waals surface area contributed by atoms with Gasteiger partial charge in [0.05, 0.1) is 35.4 Å². The Morgan fingerprint density at radius 2 is 1.13 bits per heavy atom. The number of nitrogens with zero attached hydrogens (tertiary/aromatic N) is 9. The van der Waals surface area contributed by atoms with Gasteiger partial charge in [0.25, 0.3) is 0 Å². The number of carbonyl (C=O) groups is 2. The van der Waals surface area contributed by atoms with Crippen molar-refractivity contribution in [1.29, 1.82) is 0 Å². The minimum atomic E-state index is -0.0290. The summed E-state index contributed by atoms with van der Waals surface area (Å²) in [6.07, 6.45) is 3.63. The molecular formula is C47H59Cl3N12O4S2. The molecule has 5 N–H and O–H groups in total. The molecule has 364 valence electrons. The number of halogens is 3. The lowest BCUT2D eigenvalue weighted by Gasteiger charge is -2.35. The first-order valence-corrected chi connectivity index (χ1v) is 24.5. The summed E-state index contributed by atoms with van der Waals surface area (Å²) in [5.41, 5.74) is 3.69. The fourth-order valence-corrected chi connectivity index (χ4v) is 9.53. The van der Waals surface area contributed by atoms with E-state index < -0.39 is 0 Å². The molecule has 8 rings (SSSR count). The zero-order chi connectivity index (χ0) is 47.9. The summed E-state index contributed by atoms with van der Waals surface area (Å²) in [7, 11) is 0. The van der Waals surface area contributed by atoms with E-state index in [0.29, 0.717) is 71.7 Å². The van der Waals surface area contributed by atoms with Crippen molar-refractivity contribution in [2.24, 2.45) is 0 Å². The van der Waals surface area contributed by atoms with E-state index in [-0.39, 0.29) is 38.4 Å². The standard InChI is InChI=1S/C23H27ClN6O2S.C17H14Cl2N4OS.C6H14N2O.CH4/c1-15-4-3-5-18(24)17(15)12-19(32)20-14-25-23(33-20)28-21-13-22(27-16(2)26-21)30-8-6-29(7-9-30)10-11-31;1-9-4-3-5-12(18)11(9)6-13(24)14-8-20-17(25-14)23-16-7-15(19)21-10(2)22-16;9-6-5-8-3-1-7-2-4-8;/h3-5,13-14,31H,6-12H2,1-2H3,(H,25,26,27,28);3-5,7-8H,6H2,1-2H3,(H,20,21,22,23);7,9H,1-6H2;1H4. The number of carbonyl (C=O) groups excluding carboxylic acids is 2. The summed E-state index contributed by atoms with van der Waals surface area (Å²) in [6, 6.07) is 14.7. The summed E-state index contributed by atoms with van der Waals surface area (Å²) in [5, 5.41) is 29.9. The molecule has 4 aromatic heterocycles. The molecule has 2 saturated heterocycles. The largest absolute Gasteiger partial charge is 0.395 e. The first-order chi connectivity index (χ1) is 32.3. The van der Waals surface area contributed by atoms with Crippen molar-refractivity contribution in [1.82, 2.24) is 45.0 Å². The number of hydrogen-bond donors (Lipinski definition) is 5. The van der Waals surface area contributed by atoms with Gasteiger partial charge in [0, 0.05) is 100 Å². The lowest BCUT2D eigenvalue weighted by Crippen LogP contribution is -2.47. The number of benzene rings is 2. The minimum absolute atomic E-state index is 0. The number of piperazine rings is 2. The minimum Gasteiger partial charge on any atom is -0.395 e. The number of rotatable bonds is 15. The van der Waals surface area contributed by atoms with Crippen LogP contribution in [0.2, 0.25) is 15.2 Å². The van der Waals surface area contributed by atoms with Crippen LogP contribution in [0.3, 0.4) is 0 Å². The first kappa shape index (κ1) is 54.2. The normalized spacial score (nSPS) is 13.9. The lowest BCUT2D eigenvalue weighted by molar-refractivity contribution is 0.0988. The van der Waals surface area contributed by atoms with Crippen molar-refractivity contribution >= 4 is 96.8 Å². The number of nitrogens with one attached hydrogen (secondary N) is 3.